The quantitative estimate of drug-likeness (QED) is 0.630. The lowest BCUT2D eigenvalue weighted by atomic mass is 9.82. The molecule has 110 valence electrons. The van der Waals surface area contributed by atoms with Gasteiger partial charge in [0.2, 0.25) is 5.78 Å². The fraction of sp³-hybridized carbons (Fsp3) is 0.312. The molecular formula is C16H16O5. The Hall–Kier alpha value is -2.43. The maximum absolute atomic E-state index is 12.6. The van der Waals surface area contributed by atoms with Gasteiger partial charge in [0.15, 0.2) is 5.78 Å². The van der Waals surface area contributed by atoms with Gasteiger partial charge >= 0.3 is 5.97 Å². The third-order valence-electron chi connectivity index (χ3n) is 3.44. The van der Waals surface area contributed by atoms with Crippen LogP contribution in [-0.4, -0.2) is 31.3 Å². The van der Waals surface area contributed by atoms with Crippen LogP contribution in [0.25, 0.3) is 0 Å². The SMILES string of the molecule is CCOC(=O)C1=C(C)C(=O)c2cc(OC)cc(C)c2C1=O. The molecule has 0 heterocycles. The summed E-state index contributed by atoms with van der Waals surface area (Å²) in [5.41, 5.74) is 1.04. The first-order chi connectivity index (χ1) is 9.92. The number of hydrogen-bond donors (Lipinski definition) is 0. The van der Waals surface area contributed by atoms with Crippen molar-refractivity contribution < 1.29 is 23.9 Å². The Morgan fingerprint density at radius 3 is 2.38 bits per heavy atom. The highest BCUT2D eigenvalue weighted by Gasteiger charge is 2.36. The predicted octanol–water partition coefficient (Wildman–Crippen LogP) is 2.26. The van der Waals surface area contributed by atoms with Gasteiger partial charge < -0.3 is 9.47 Å². The number of methoxy groups -OCH3 is 1. The van der Waals surface area contributed by atoms with E-state index in [-0.39, 0.29) is 34.7 Å². The minimum absolute atomic E-state index is 0.110. The number of ketones is 2. The first-order valence-electron chi connectivity index (χ1n) is 6.58. The summed E-state index contributed by atoms with van der Waals surface area (Å²) in [6.07, 6.45) is 0. The van der Waals surface area contributed by atoms with E-state index < -0.39 is 11.8 Å². The molecule has 0 saturated heterocycles. The van der Waals surface area contributed by atoms with Crippen LogP contribution in [-0.2, 0) is 9.53 Å². The molecule has 0 aliphatic heterocycles. The van der Waals surface area contributed by atoms with Gasteiger partial charge in [-0.25, -0.2) is 4.79 Å². The van der Waals surface area contributed by atoms with Gasteiger partial charge in [0.05, 0.1) is 13.7 Å². The Balaban J connectivity index is 2.65. The Kier molecular flexibility index (Phi) is 3.93. The first-order valence-corrected chi connectivity index (χ1v) is 6.58. The molecule has 5 heteroatoms. The highest BCUT2D eigenvalue weighted by molar-refractivity contribution is 6.35. The fourth-order valence-electron chi connectivity index (χ4n) is 2.41. The molecule has 0 amide bonds. The van der Waals surface area contributed by atoms with Crippen molar-refractivity contribution in [3.63, 3.8) is 0 Å². The molecule has 0 fully saturated rings. The molecule has 2 rings (SSSR count). The van der Waals surface area contributed by atoms with Crippen LogP contribution in [0.1, 0.15) is 40.1 Å². The maximum atomic E-state index is 12.6. The lowest BCUT2D eigenvalue weighted by Gasteiger charge is -2.20. The van der Waals surface area contributed by atoms with E-state index in [1.54, 1.807) is 19.9 Å². The second kappa shape index (κ2) is 5.52. The fourth-order valence-corrected chi connectivity index (χ4v) is 2.41. The van der Waals surface area contributed by atoms with Crippen LogP contribution in [0.5, 0.6) is 5.75 Å². The number of fused-ring (bicyclic) bond motifs is 1. The first kappa shape index (κ1) is 15.0. The van der Waals surface area contributed by atoms with Gasteiger partial charge in [0.1, 0.15) is 11.3 Å². The Morgan fingerprint density at radius 2 is 1.81 bits per heavy atom. The van der Waals surface area contributed by atoms with Crippen LogP contribution >= 0.6 is 0 Å². The second-order valence-corrected chi connectivity index (χ2v) is 4.75. The van der Waals surface area contributed by atoms with Crippen molar-refractivity contribution in [1.29, 1.82) is 0 Å². The summed E-state index contributed by atoms with van der Waals surface area (Å²) in [4.78, 5) is 36.9. The molecule has 1 aromatic rings. The van der Waals surface area contributed by atoms with Crippen LogP contribution in [0.2, 0.25) is 0 Å². The van der Waals surface area contributed by atoms with Crippen molar-refractivity contribution in [2.24, 2.45) is 0 Å². The number of carbonyl (C=O) groups excluding carboxylic acids is 3. The number of carbonyl (C=O) groups is 3. The molecule has 21 heavy (non-hydrogen) atoms. The second-order valence-electron chi connectivity index (χ2n) is 4.75. The number of rotatable bonds is 3. The molecule has 1 aliphatic rings. The zero-order valence-corrected chi connectivity index (χ0v) is 12.4. The average Bonchev–Trinajstić information content (AvgIpc) is 2.44. The van der Waals surface area contributed by atoms with Crippen LogP contribution in [0.4, 0.5) is 0 Å². The summed E-state index contributed by atoms with van der Waals surface area (Å²) in [5, 5.41) is 0. The van der Waals surface area contributed by atoms with Crippen LogP contribution in [0, 0.1) is 6.92 Å². The highest BCUT2D eigenvalue weighted by atomic mass is 16.5. The monoisotopic (exact) mass is 288 g/mol. The summed E-state index contributed by atoms with van der Waals surface area (Å²) < 4.78 is 10.00. The topological polar surface area (TPSA) is 69.7 Å². The number of hydrogen-bond acceptors (Lipinski definition) is 5. The molecular weight excluding hydrogens is 272 g/mol. The normalized spacial score (nSPS) is 14.1. The zero-order chi connectivity index (χ0) is 15.7. The van der Waals surface area contributed by atoms with E-state index >= 15 is 0 Å². The number of benzene rings is 1. The van der Waals surface area contributed by atoms with Crippen molar-refractivity contribution in [2.75, 3.05) is 13.7 Å². The maximum Gasteiger partial charge on any atom is 0.342 e. The van der Waals surface area contributed by atoms with E-state index in [0.717, 1.165) is 0 Å². The molecule has 0 aromatic heterocycles. The van der Waals surface area contributed by atoms with Gasteiger partial charge in [-0.3, -0.25) is 9.59 Å². The minimum atomic E-state index is -0.755. The van der Waals surface area contributed by atoms with E-state index in [4.69, 9.17) is 9.47 Å². The summed E-state index contributed by atoms with van der Waals surface area (Å²) in [5.74, 6) is -1.08. The number of aryl methyl sites for hydroxylation is 1. The average molecular weight is 288 g/mol. The zero-order valence-electron chi connectivity index (χ0n) is 12.4. The van der Waals surface area contributed by atoms with E-state index in [1.165, 1.54) is 20.1 Å². The molecule has 0 atom stereocenters. The third kappa shape index (κ3) is 2.35. The van der Waals surface area contributed by atoms with E-state index in [0.29, 0.717) is 11.3 Å². The Bertz CT molecular complexity index is 682. The molecule has 0 unspecified atom stereocenters. The Morgan fingerprint density at radius 1 is 1.14 bits per heavy atom. The molecule has 0 saturated carbocycles. The Labute approximate surface area is 122 Å². The van der Waals surface area contributed by atoms with Crippen molar-refractivity contribution in [3.8, 4) is 5.75 Å². The van der Waals surface area contributed by atoms with E-state index in [2.05, 4.69) is 0 Å². The molecule has 1 aliphatic carbocycles. The number of allylic oxidation sites excluding steroid dienone is 1. The number of esters is 1. The van der Waals surface area contributed by atoms with Crippen molar-refractivity contribution in [3.05, 3.63) is 40.0 Å². The lowest BCUT2D eigenvalue weighted by molar-refractivity contribution is -0.138. The third-order valence-corrected chi connectivity index (χ3v) is 3.44. The standard InChI is InChI=1S/C16H16O5/c1-5-21-16(19)13-9(3)14(17)11-7-10(20-4)6-8(2)12(11)15(13)18/h6-7H,5H2,1-4H3. The summed E-state index contributed by atoms with van der Waals surface area (Å²) >= 11 is 0. The highest BCUT2D eigenvalue weighted by Crippen LogP contribution is 2.32. The summed E-state index contributed by atoms with van der Waals surface area (Å²) in [6, 6.07) is 3.18. The van der Waals surface area contributed by atoms with Crippen molar-refractivity contribution >= 4 is 17.5 Å². The lowest BCUT2D eigenvalue weighted by Crippen LogP contribution is -2.27. The largest absolute Gasteiger partial charge is 0.497 e. The van der Waals surface area contributed by atoms with Gasteiger partial charge in [0, 0.05) is 16.7 Å². The number of ether oxygens (including phenoxy) is 2. The van der Waals surface area contributed by atoms with Crippen LogP contribution in [0.15, 0.2) is 23.3 Å². The van der Waals surface area contributed by atoms with Gasteiger partial charge in [-0.1, -0.05) is 0 Å². The number of Topliss-reactive ketones (excluding diaryl/α,β-unsaturated/α-hetero) is 2. The van der Waals surface area contributed by atoms with Gasteiger partial charge in [-0.05, 0) is 38.5 Å². The van der Waals surface area contributed by atoms with Gasteiger partial charge in [-0.2, -0.15) is 0 Å². The smallest absolute Gasteiger partial charge is 0.342 e. The summed E-state index contributed by atoms with van der Waals surface area (Å²) in [6.45, 7) is 4.96. The minimum Gasteiger partial charge on any atom is -0.497 e. The predicted molar refractivity (Wildman–Crippen MR) is 75.7 cm³/mol. The van der Waals surface area contributed by atoms with E-state index in [9.17, 15) is 14.4 Å². The summed E-state index contributed by atoms with van der Waals surface area (Å²) in [7, 11) is 1.49. The molecule has 0 radical (unpaired) electrons. The molecule has 5 nitrogen and oxygen atoms in total. The van der Waals surface area contributed by atoms with Crippen LogP contribution in [0.3, 0.4) is 0 Å². The van der Waals surface area contributed by atoms with Crippen molar-refractivity contribution in [1.82, 2.24) is 0 Å². The van der Waals surface area contributed by atoms with E-state index in [1.807, 2.05) is 0 Å². The van der Waals surface area contributed by atoms with Crippen LogP contribution < -0.4 is 4.74 Å². The molecule has 0 N–H and O–H groups in total. The molecule has 0 spiro atoms. The van der Waals surface area contributed by atoms with Gasteiger partial charge in [-0.15, -0.1) is 0 Å². The molecule has 1 aromatic carbocycles. The van der Waals surface area contributed by atoms with Gasteiger partial charge in [0.25, 0.3) is 0 Å². The van der Waals surface area contributed by atoms with Crippen molar-refractivity contribution in [2.45, 2.75) is 20.8 Å². The molecule has 0 bridgehead atoms.